The second-order valence-electron chi connectivity index (χ2n) is 3.61. The summed E-state index contributed by atoms with van der Waals surface area (Å²) >= 11 is 0. The fourth-order valence-corrected chi connectivity index (χ4v) is 1.53. The Kier molecular flexibility index (Phi) is 5.29. The van der Waals surface area contributed by atoms with Gasteiger partial charge in [-0.2, -0.15) is 0 Å². The van der Waals surface area contributed by atoms with Gasteiger partial charge in [-0.25, -0.2) is 4.79 Å². The summed E-state index contributed by atoms with van der Waals surface area (Å²) in [4.78, 5) is 20.6. The van der Waals surface area contributed by atoms with Crippen LogP contribution < -0.4 is 0 Å². The minimum Gasteiger partial charge on any atom is -0.478 e. The molecule has 0 atom stereocenters. The van der Waals surface area contributed by atoms with Crippen LogP contribution in [0.1, 0.15) is 17.3 Å². The molecule has 0 spiro atoms. The molecule has 2 rings (SSSR count). The lowest BCUT2D eigenvalue weighted by molar-refractivity contribution is -0.135. The highest BCUT2D eigenvalue weighted by Crippen LogP contribution is 2.17. The lowest BCUT2D eigenvalue weighted by Gasteiger charge is -2.00. The second kappa shape index (κ2) is 6.96. The van der Waals surface area contributed by atoms with E-state index in [0.29, 0.717) is 5.56 Å². The Balaban J connectivity index is 0.000000258. The minimum absolute atomic E-state index is 0.329. The Morgan fingerprint density at radius 2 is 1.79 bits per heavy atom. The number of aromatic carboxylic acids is 1. The van der Waals surface area contributed by atoms with Crippen molar-refractivity contribution in [1.29, 1.82) is 0 Å². The number of esters is 1. The summed E-state index contributed by atoms with van der Waals surface area (Å²) in [7, 11) is 0. The van der Waals surface area contributed by atoms with E-state index in [1.807, 2.05) is 30.3 Å². The van der Waals surface area contributed by atoms with E-state index in [4.69, 9.17) is 5.11 Å². The molecule has 0 fully saturated rings. The van der Waals surface area contributed by atoms with Crippen molar-refractivity contribution < 1.29 is 19.4 Å². The number of carbonyl (C=O) groups is 2. The molecule has 4 heteroatoms. The third-order valence-corrected chi connectivity index (χ3v) is 2.27. The number of hydrogen-bond donors (Lipinski definition) is 1. The smallest absolute Gasteiger partial charge is 0.336 e. The van der Waals surface area contributed by atoms with Gasteiger partial charge in [0.15, 0.2) is 0 Å². The zero-order valence-corrected chi connectivity index (χ0v) is 10.5. The summed E-state index contributed by atoms with van der Waals surface area (Å²) < 4.78 is 4.17. The molecule has 2 aromatic carbocycles. The molecule has 19 heavy (non-hydrogen) atoms. The van der Waals surface area contributed by atoms with Crippen molar-refractivity contribution >= 4 is 22.7 Å². The van der Waals surface area contributed by atoms with Crippen LogP contribution in [0.2, 0.25) is 0 Å². The first-order chi connectivity index (χ1) is 9.06. The molecule has 0 heterocycles. The van der Waals surface area contributed by atoms with Gasteiger partial charge in [0.05, 0.1) is 11.8 Å². The molecule has 0 aliphatic carbocycles. The molecule has 98 valence electrons. The van der Waals surface area contributed by atoms with Crippen LogP contribution in [-0.2, 0) is 9.53 Å². The maximum absolute atomic E-state index is 10.8. The van der Waals surface area contributed by atoms with E-state index in [0.717, 1.165) is 17.0 Å². The van der Waals surface area contributed by atoms with Gasteiger partial charge < -0.3 is 9.84 Å². The predicted octanol–water partition coefficient (Wildman–Crippen LogP) is 3.23. The third kappa shape index (κ3) is 4.27. The third-order valence-electron chi connectivity index (χ3n) is 2.27. The summed E-state index contributed by atoms with van der Waals surface area (Å²) in [6.07, 6.45) is 1.10. The Morgan fingerprint density at radius 3 is 2.32 bits per heavy atom. The van der Waals surface area contributed by atoms with Crippen LogP contribution in [0.15, 0.2) is 55.3 Å². The van der Waals surface area contributed by atoms with E-state index in [9.17, 15) is 9.59 Å². The van der Waals surface area contributed by atoms with Crippen LogP contribution >= 0.6 is 0 Å². The highest BCUT2D eigenvalue weighted by Gasteiger charge is 2.05. The van der Waals surface area contributed by atoms with E-state index < -0.39 is 5.97 Å². The molecule has 0 aliphatic rings. The van der Waals surface area contributed by atoms with Gasteiger partial charge in [-0.3, -0.25) is 4.79 Å². The fraction of sp³-hybridized carbons (Fsp3) is 0.0667. The van der Waals surface area contributed by atoms with Crippen LogP contribution in [0, 0.1) is 0 Å². The average molecular weight is 258 g/mol. The summed E-state index contributed by atoms with van der Waals surface area (Å²) in [6, 6.07) is 12.7. The van der Waals surface area contributed by atoms with Crippen LogP contribution in [-0.4, -0.2) is 17.0 Å². The number of rotatable bonds is 2. The van der Waals surface area contributed by atoms with E-state index in [-0.39, 0.29) is 5.97 Å². The van der Waals surface area contributed by atoms with Gasteiger partial charge in [-0.1, -0.05) is 43.0 Å². The van der Waals surface area contributed by atoms with Crippen LogP contribution in [0.5, 0.6) is 0 Å². The first-order valence-electron chi connectivity index (χ1n) is 5.55. The normalized spacial score (nSPS) is 9.11. The molecule has 0 saturated heterocycles. The summed E-state index contributed by atoms with van der Waals surface area (Å²) in [5, 5.41) is 10.6. The van der Waals surface area contributed by atoms with Crippen LogP contribution in [0.4, 0.5) is 0 Å². The van der Waals surface area contributed by atoms with E-state index >= 15 is 0 Å². The Bertz CT molecular complexity index is 597. The molecular formula is C15H14O4. The summed E-state index contributed by atoms with van der Waals surface area (Å²) in [5.41, 5.74) is 0.359. The molecule has 0 saturated carbocycles. The van der Waals surface area contributed by atoms with E-state index in [1.165, 1.54) is 6.92 Å². The summed E-state index contributed by atoms with van der Waals surface area (Å²) in [5.74, 6) is -1.21. The molecule has 4 nitrogen and oxygen atoms in total. The monoisotopic (exact) mass is 258 g/mol. The highest BCUT2D eigenvalue weighted by molar-refractivity contribution is 6.03. The second-order valence-corrected chi connectivity index (χ2v) is 3.61. The van der Waals surface area contributed by atoms with Crippen molar-refractivity contribution in [2.75, 3.05) is 0 Å². The molecule has 0 aromatic heterocycles. The van der Waals surface area contributed by atoms with Gasteiger partial charge >= 0.3 is 11.9 Å². The van der Waals surface area contributed by atoms with Crippen molar-refractivity contribution in [3.05, 3.63) is 60.9 Å². The predicted molar refractivity (Wildman–Crippen MR) is 72.9 cm³/mol. The Morgan fingerprint density at radius 1 is 1.16 bits per heavy atom. The lowest BCUT2D eigenvalue weighted by Crippen LogP contribution is -1.96. The zero-order valence-electron chi connectivity index (χ0n) is 10.5. The Hall–Kier alpha value is -2.62. The van der Waals surface area contributed by atoms with E-state index in [1.54, 1.807) is 12.1 Å². The van der Waals surface area contributed by atoms with E-state index in [2.05, 4.69) is 11.3 Å². The van der Waals surface area contributed by atoms with Crippen molar-refractivity contribution in [2.45, 2.75) is 6.92 Å². The molecule has 0 aliphatic heterocycles. The lowest BCUT2D eigenvalue weighted by atomic mass is 10.1. The quantitative estimate of drug-likeness (QED) is 0.663. The first kappa shape index (κ1) is 14.4. The first-order valence-corrected chi connectivity index (χ1v) is 5.55. The summed E-state index contributed by atoms with van der Waals surface area (Å²) in [6.45, 7) is 4.48. The molecule has 0 unspecified atom stereocenters. The zero-order chi connectivity index (χ0) is 14.3. The van der Waals surface area contributed by atoms with Crippen LogP contribution in [0.25, 0.3) is 10.8 Å². The van der Waals surface area contributed by atoms with Gasteiger partial charge in [0.25, 0.3) is 0 Å². The highest BCUT2D eigenvalue weighted by atomic mass is 16.5. The number of carboxylic acid groups (broad SMARTS) is 1. The maximum atomic E-state index is 10.8. The van der Waals surface area contributed by atoms with Crippen molar-refractivity contribution in [3.8, 4) is 0 Å². The largest absolute Gasteiger partial charge is 0.478 e. The number of benzene rings is 2. The minimum atomic E-state index is -0.878. The number of hydrogen-bond acceptors (Lipinski definition) is 3. The van der Waals surface area contributed by atoms with Gasteiger partial charge in [-0.05, 0) is 16.8 Å². The fourth-order valence-electron chi connectivity index (χ4n) is 1.53. The van der Waals surface area contributed by atoms with Crippen molar-refractivity contribution in [1.82, 2.24) is 0 Å². The Labute approximate surface area is 110 Å². The SMILES string of the molecule is C=COC(C)=O.O=C(O)c1cccc2ccccc12. The molecular weight excluding hydrogens is 244 g/mol. The number of carbonyl (C=O) groups excluding carboxylic acids is 1. The maximum Gasteiger partial charge on any atom is 0.336 e. The topological polar surface area (TPSA) is 63.6 Å². The number of fused-ring (bicyclic) bond motifs is 1. The average Bonchev–Trinajstić information content (AvgIpc) is 2.38. The molecule has 0 bridgehead atoms. The molecule has 1 N–H and O–H groups in total. The number of ether oxygens (including phenoxy) is 1. The number of carboxylic acids is 1. The van der Waals surface area contributed by atoms with Crippen molar-refractivity contribution in [3.63, 3.8) is 0 Å². The molecule has 0 amide bonds. The van der Waals surface area contributed by atoms with Gasteiger partial charge in [-0.15, -0.1) is 0 Å². The molecule has 2 aromatic rings. The van der Waals surface area contributed by atoms with Crippen molar-refractivity contribution in [2.24, 2.45) is 0 Å². The standard InChI is InChI=1S/C11H8O2.C4H6O2/c12-11(13)10-7-3-5-8-4-1-2-6-9(8)10;1-3-6-4(2)5/h1-7H,(H,12,13);3H,1H2,2H3. The van der Waals surface area contributed by atoms with Gasteiger partial charge in [0.2, 0.25) is 0 Å². The molecule has 0 radical (unpaired) electrons. The van der Waals surface area contributed by atoms with Gasteiger partial charge in [0, 0.05) is 6.92 Å². The van der Waals surface area contributed by atoms with Crippen LogP contribution in [0.3, 0.4) is 0 Å². The van der Waals surface area contributed by atoms with Gasteiger partial charge in [0.1, 0.15) is 0 Å².